The summed E-state index contributed by atoms with van der Waals surface area (Å²) in [7, 11) is 0. The number of ether oxygens (including phenoxy) is 3. The second-order valence-corrected chi connectivity index (χ2v) is 2.98. The minimum absolute atomic E-state index is 0.0609. The Balaban J connectivity index is 3.37. The minimum Gasteiger partial charge on any atom is -0.431 e. The zero-order valence-corrected chi connectivity index (χ0v) is 9.16. The van der Waals surface area contributed by atoms with E-state index in [4.69, 9.17) is 24.8 Å². The monoisotopic (exact) mass is 238 g/mol. The number of carbonyl (C=O) groups is 1. The quantitative estimate of drug-likeness (QED) is 0.248. The van der Waals surface area contributed by atoms with Crippen LogP contribution in [-0.2, 0) is 19.0 Å². The Labute approximate surface area is 93.5 Å². The minimum atomic E-state index is -1.40. The van der Waals surface area contributed by atoms with Crippen LogP contribution in [0.25, 0.3) is 0 Å². The van der Waals surface area contributed by atoms with Crippen molar-refractivity contribution >= 4 is 5.97 Å². The van der Waals surface area contributed by atoms with Crippen molar-refractivity contribution in [1.82, 2.24) is 0 Å². The Kier molecular flexibility index (Phi) is 9.06. The standard InChI is InChI=1S/C9H18O7/c1-7(11)9(13)16-8(12)6-15-5-4-14-3-2-10/h7-8,10-12H,2-6H2,1H3. The molecule has 0 aliphatic rings. The van der Waals surface area contributed by atoms with Gasteiger partial charge in [0.2, 0.25) is 6.29 Å². The van der Waals surface area contributed by atoms with Crippen LogP contribution >= 0.6 is 0 Å². The van der Waals surface area contributed by atoms with Gasteiger partial charge in [0, 0.05) is 0 Å². The van der Waals surface area contributed by atoms with Crippen molar-refractivity contribution < 1.29 is 34.3 Å². The molecule has 0 fully saturated rings. The van der Waals surface area contributed by atoms with Gasteiger partial charge in [-0.2, -0.15) is 0 Å². The number of esters is 1. The zero-order chi connectivity index (χ0) is 12.4. The lowest BCUT2D eigenvalue weighted by Gasteiger charge is -2.13. The molecule has 2 atom stereocenters. The van der Waals surface area contributed by atoms with E-state index in [1.165, 1.54) is 6.92 Å². The average molecular weight is 238 g/mol. The molecule has 2 unspecified atom stereocenters. The third-order valence-electron chi connectivity index (χ3n) is 1.46. The summed E-state index contributed by atoms with van der Waals surface area (Å²) in [5, 5.41) is 26.3. The highest BCUT2D eigenvalue weighted by Crippen LogP contribution is 1.94. The van der Waals surface area contributed by atoms with Crippen LogP contribution in [0.1, 0.15) is 6.92 Å². The summed E-state index contributed by atoms with van der Waals surface area (Å²) in [6.45, 7) is 1.69. The molecule has 0 rings (SSSR count). The maximum atomic E-state index is 10.8. The van der Waals surface area contributed by atoms with Crippen LogP contribution < -0.4 is 0 Å². The highest BCUT2D eigenvalue weighted by Gasteiger charge is 2.15. The topological polar surface area (TPSA) is 105 Å². The summed E-state index contributed by atoms with van der Waals surface area (Å²) in [4.78, 5) is 10.8. The molecule has 16 heavy (non-hydrogen) atoms. The van der Waals surface area contributed by atoms with Gasteiger partial charge in [-0.3, -0.25) is 0 Å². The van der Waals surface area contributed by atoms with Crippen molar-refractivity contribution in [1.29, 1.82) is 0 Å². The van der Waals surface area contributed by atoms with Crippen LogP contribution in [0.3, 0.4) is 0 Å². The van der Waals surface area contributed by atoms with Crippen molar-refractivity contribution in [3.63, 3.8) is 0 Å². The van der Waals surface area contributed by atoms with Gasteiger partial charge < -0.3 is 29.5 Å². The van der Waals surface area contributed by atoms with Crippen LogP contribution in [0.15, 0.2) is 0 Å². The van der Waals surface area contributed by atoms with E-state index in [1.807, 2.05) is 0 Å². The third-order valence-corrected chi connectivity index (χ3v) is 1.46. The van der Waals surface area contributed by atoms with Crippen molar-refractivity contribution in [3.8, 4) is 0 Å². The van der Waals surface area contributed by atoms with Crippen molar-refractivity contribution in [2.45, 2.75) is 19.3 Å². The molecule has 0 aromatic heterocycles. The Hall–Kier alpha value is -0.730. The van der Waals surface area contributed by atoms with E-state index in [2.05, 4.69) is 4.74 Å². The lowest BCUT2D eigenvalue weighted by molar-refractivity contribution is -0.185. The Morgan fingerprint density at radius 1 is 1.19 bits per heavy atom. The van der Waals surface area contributed by atoms with Crippen LogP contribution in [-0.4, -0.2) is 66.7 Å². The van der Waals surface area contributed by atoms with Crippen molar-refractivity contribution in [2.24, 2.45) is 0 Å². The molecule has 0 aliphatic carbocycles. The molecule has 0 radical (unpaired) electrons. The van der Waals surface area contributed by atoms with E-state index >= 15 is 0 Å². The highest BCUT2D eigenvalue weighted by atomic mass is 16.7. The van der Waals surface area contributed by atoms with Gasteiger partial charge in [0.1, 0.15) is 12.7 Å². The van der Waals surface area contributed by atoms with Crippen molar-refractivity contribution in [3.05, 3.63) is 0 Å². The summed E-state index contributed by atoms with van der Waals surface area (Å²) < 4.78 is 14.2. The Morgan fingerprint density at radius 3 is 2.38 bits per heavy atom. The molecule has 0 spiro atoms. The van der Waals surface area contributed by atoms with E-state index in [0.717, 1.165) is 0 Å². The van der Waals surface area contributed by atoms with Gasteiger partial charge in [0.05, 0.1) is 26.4 Å². The van der Waals surface area contributed by atoms with Crippen LogP contribution in [0.2, 0.25) is 0 Å². The molecule has 7 heteroatoms. The number of aliphatic hydroxyl groups is 3. The largest absolute Gasteiger partial charge is 0.431 e. The summed E-state index contributed by atoms with van der Waals surface area (Å²) in [5.74, 6) is -0.910. The molecule has 0 aromatic rings. The first-order valence-electron chi connectivity index (χ1n) is 4.91. The SMILES string of the molecule is CC(O)C(=O)OC(O)COCCOCCO. The molecule has 0 saturated carbocycles. The number of hydrogen-bond donors (Lipinski definition) is 3. The van der Waals surface area contributed by atoms with E-state index in [-0.39, 0.29) is 33.0 Å². The molecule has 7 nitrogen and oxygen atoms in total. The van der Waals surface area contributed by atoms with E-state index in [9.17, 15) is 4.79 Å². The van der Waals surface area contributed by atoms with Gasteiger partial charge in [-0.1, -0.05) is 0 Å². The number of rotatable bonds is 9. The predicted octanol–water partition coefficient (Wildman–Crippen LogP) is -1.75. The second kappa shape index (κ2) is 9.49. The maximum absolute atomic E-state index is 10.8. The second-order valence-electron chi connectivity index (χ2n) is 2.98. The zero-order valence-electron chi connectivity index (χ0n) is 9.16. The number of hydrogen-bond acceptors (Lipinski definition) is 7. The first-order valence-corrected chi connectivity index (χ1v) is 4.91. The summed E-state index contributed by atoms with van der Waals surface area (Å²) >= 11 is 0. The lowest BCUT2D eigenvalue weighted by Crippen LogP contribution is -2.29. The van der Waals surface area contributed by atoms with Gasteiger partial charge in [-0.25, -0.2) is 4.79 Å². The number of carbonyl (C=O) groups excluding carboxylic acids is 1. The van der Waals surface area contributed by atoms with Gasteiger partial charge in [0.25, 0.3) is 0 Å². The van der Waals surface area contributed by atoms with Crippen LogP contribution in [0.5, 0.6) is 0 Å². The highest BCUT2D eigenvalue weighted by molar-refractivity contribution is 5.73. The van der Waals surface area contributed by atoms with Crippen LogP contribution in [0, 0.1) is 0 Å². The van der Waals surface area contributed by atoms with E-state index in [1.54, 1.807) is 0 Å². The Morgan fingerprint density at radius 2 is 1.81 bits per heavy atom. The van der Waals surface area contributed by atoms with Gasteiger partial charge in [0.15, 0.2) is 0 Å². The van der Waals surface area contributed by atoms with Crippen molar-refractivity contribution in [2.75, 3.05) is 33.0 Å². The fourth-order valence-corrected chi connectivity index (χ4v) is 0.735. The molecule has 0 bridgehead atoms. The summed E-state index contributed by atoms with van der Waals surface area (Å²) in [6.07, 6.45) is -2.68. The average Bonchev–Trinajstić information content (AvgIpc) is 2.23. The molecular formula is C9H18O7. The summed E-state index contributed by atoms with van der Waals surface area (Å²) in [5.41, 5.74) is 0. The lowest BCUT2D eigenvalue weighted by atomic mass is 10.4. The fraction of sp³-hybridized carbons (Fsp3) is 0.889. The molecule has 0 aromatic carbocycles. The smallest absolute Gasteiger partial charge is 0.337 e. The molecule has 0 amide bonds. The predicted molar refractivity (Wildman–Crippen MR) is 52.5 cm³/mol. The number of aliphatic hydroxyl groups excluding tert-OH is 3. The molecular weight excluding hydrogens is 220 g/mol. The fourth-order valence-electron chi connectivity index (χ4n) is 0.735. The molecule has 0 heterocycles. The summed E-state index contributed by atoms with van der Waals surface area (Å²) in [6, 6.07) is 0. The molecule has 0 saturated heterocycles. The maximum Gasteiger partial charge on any atom is 0.337 e. The van der Waals surface area contributed by atoms with Gasteiger partial charge in [-0.15, -0.1) is 0 Å². The normalized spacial score (nSPS) is 14.5. The molecule has 96 valence electrons. The third kappa shape index (κ3) is 8.57. The first-order chi connectivity index (χ1) is 7.57. The van der Waals surface area contributed by atoms with Gasteiger partial charge >= 0.3 is 5.97 Å². The van der Waals surface area contributed by atoms with E-state index < -0.39 is 18.4 Å². The first kappa shape index (κ1) is 15.3. The Bertz CT molecular complexity index is 183. The van der Waals surface area contributed by atoms with Crippen LogP contribution in [0.4, 0.5) is 0 Å². The van der Waals surface area contributed by atoms with Gasteiger partial charge in [-0.05, 0) is 6.92 Å². The molecule has 0 aliphatic heterocycles. The molecule has 3 N–H and O–H groups in total. The van der Waals surface area contributed by atoms with E-state index in [0.29, 0.717) is 0 Å².